The first-order chi connectivity index (χ1) is 13.6. The Balaban J connectivity index is 1.75. The maximum atomic E-state index is 12.2. The number of morpholine rings is 1. The Bertz CT molecular complexity index is 944. The fraction of sp³-hybridized carbons (Fsp3) is 0.421. The molecular formula is C19H24N4O5. The number of H-pyrrole nitrogens is 1. The number of hydrogen-bond acceptors (Lipinski definition) is 7. The average Bonchev–Trinajstić information content (AvgIpc) is 2.70. The van der Waals surface area contributed by atoms with Crippen molar-refractivity contribution in [3.05, 3.63) is 50.7 Å². The number of hydrogen-bond donors (Lipinski definition) is 2. The minimum Gasteiger partial charge on any atom is -0.497 e. The fourth-order valence-corrected chi connectivity index (χ4v) is 3.01. The summed E-state index contributed by atoms with van der Waals surface area (Å²) in [4.78, 5) is 33.1. The lowest BCUT2D eigenvalue weighted by Crippen LogP contribution is -2.37. The van der Waals surface area contributed by atoms with Gasteiger partial charge >= 0.3 is 5.69 Å². The van der Waals surface area contributed by atoms with Crippen LogP contribution in [-0.4, -0.2) is 72.3 Å². The van der Waals surface area contributed by atoms with Crippen LogP contribution in [0.25, 0.3) is 5.69 Å². The van der Waals surface area contributed by atoms with Crippen molar-refractivity contribution in [1.82, 2.24) is 14.5 Å². The summed E-state index contributed by atoms with van der Waals surface area (Å²) >= 11 is 0. The Labute approximate surface area is 161 Å². The number of aromatic hydroxyl groups is 1. The van der Waals surface area contributed by atoms with Gasteiger partial charge in [0.05, 0.1) is 26.0 Å². The number of aliphatic imine (C=N–C) groups is 1. The predicted molar refractivity (Wildman–Crippen MR) is 105 cm³/mol. The van der Waals surface area contributed by atoms with Gasteiger partial charge < -0.3 is 14.6 Å². The third-order valence-corrected chi connectivity index (χ3v) is 4.52. The van der Waals surface area contributed by atoms with Crippen molar-refractivity contribution in [3.8, 4) is 17.3 Å². The molecule has 1 saturated heterocycles. The zero-order chi connectivity index (χ0) is 19.9. The number of benzene rings is 1. The maximum absolute atomic E-state index is 12.2. The molecule has 0 aliphatic carbocycles. The number of aromatic amines is 1. The Morgan fingerprint density at radius 3 is 2.86 bits per heavy atom. The van der Waals surface area contributed by atoms with Crippen molar-refractivity contribution >= 4 is 6.21 Å². The van der Waals surface area contributed by atoms with E-state index in [-0.39, 0.29) is 5.56 Å². The fourth-order valence-electron chi connectivity index (χ4n) is 3.01. The van der Waals surface area contributed by atoms with Gasteiger partial charge in [0.15, 0.2) is 0 Å². The van der Waals surface area contributed by atoms with Crippen LogP contribution in [0.1, 0.15) is 12.0 Å². The lowest BCUT2D eigenvalue weighted by Gasteiger charge is -2.26. The topological polar surface area (TPSA) is 109 Å². The number of ether oxygens (including phenoxy) is 2. The second kappa shape index (κ2) is 9.34. The van der Waals surface area contributed by atoms with E-state index in [4.69, 9.17) is 9.47 Å². The van der Waals surface area contributed by atoms with Crippen LogP contribution in [0.5, 0.6) is 11.6 Å². The van der Waals surface area contributed by atoms with Crippen LogP contribution >= 0.6 is 0 Å². The highest BCUT2D eigenvalue weighted by Crippen LogP contribution is 2.19. The van der Waals surface area contributed by atoms with E-state index in [1.165, 1.54) is 13.3 Å². The summed E-state index contributed by atoms with van der Waals surface area (Å²) in [5, 5.41) is 10.5. The third kappa shape index (κ3) is 4.68. The van der Waals surface area contributed by atoms with Gasteiger partial charge in [0.1, 0.15) is 11.3 Å². The largest absolute Gasteiger partial charge is 0.497 e. The number of nitrogens with one attached hydrogen (secondary N) is 1. The predicted octanol–water partition coefficient (Wildman–Crippen LogP) is 0.381. The van der Waals surface area contributed by atoms with E-state index in [9.17, 15) is 14.7 Å². The molecule has 0 unspecified atom stereocenters. The summed E-state index contributed by atoms with van der Waals surface area (Å²) in [6, 6.07) is 6.62. The number of aromatic nitrogens is 2. The third-order valence-electron chi connectivity index (χ3n) is 4.52. The first kappa shape index (κ1) is 19.8. The van der Waals surface area contributed by atoms with E-state index >= 15 is 0 Å². The number of methoxy groups -OCH3 is 1. The molecule has 150 valence electrons. The van der Waals surface area contributed by atoms with Crippen LogP contribution < -0.4 is 16.0 Å². The molecule has 1 aliphatic rings. The van der Waals surface area contributed by atoms with Gasteiger partial charge in [-0.3, -0.25) is 19.7 Å². The summed E-state index contributed by atoms with van der Waals surface area (Å²) < 4.78 is 11.5. The molecule has 2 N–H and O–H groups in total. The van der Waals surface area contributed by atoms with Gasteiger partial charge in [0.25, 0.3) is 5.56 Å². The molecule has 3 rings (SSSR count). The van der Waals surface area contributed by atoms with E-state index < -0.39 is 17.1 Å². The summed E-state index contributed by atoms with van der Waals surface area (Å²) in [6.07, 6.45) is 2.13. The smallest absolute Gasteiger partial charge is 0.335 e. The normalized spacial score (nSPS) is 15.2. The molecular weight excluding hydrogens is 364 g/mol. The Hall–Kier alpha value is -2.91. The van der Waals surface area contributed by atoms with Crippen molar-refractivity contribution in [3.63, 3.8) is 0 Å². The van der Waals surface area contributed by atoms with E-state index in [1.54, 1.807) is 24.3 Å². The van der Waals surface area contributed by atoms with Crippen molar-refractivity contribution in [2.24, 2.45) is 4.99 Å². The van der Waals surface area contributed by atoms with Gasteiger partial charge in [-0.25, -0.2) is 9.36 Å². The molecule has 28 heavy (non-hydrogen) atoms. The SMILES string of the molecule is COc1cccc(-n2c(O)c(C=NCCCN3CCOCC3)c(=O)[nH]c2=O)c1. The Morgan fingerprint density at radius 2 is 2.11 bits per heavy atom. The molecule has 2 aromatic rings. The molecule has 1 aromatic carbocycles. The van der Waals surface area contributed by atoms with Crippen molar-refractivity contribution in [2.75, 3.05) is 46.5 Å². The number of nitrogens with zero attached hydrogens (tertiary/aromatic N) is 3. The van der Waals surface area contributed by atoms with Crippen LogP contribution in [0.4, 0.5) is 0 Å². The molecule has 0 atom stereocenters. The highest BCUT2D eigenvalue weighted by atomic mass is 16.5. The lowest BCUT2D eigenvalue weighted by atomic mass is 10.2. The molecule has 1 fully saturated rings. The molecule has 0 bridgehead atoms. The molecule has 1 aliphatic heterocycles. The van der Waals surface area contributed by atoms with Crippen LogP contribution in [0.15, 0.2) is 38.8 Å². The highest BCUT2D eigenvalue weighted by Gasteiger charge is 2.14. The van der Waals surface area contributed by atoms with Gasteiger partial charge in [0, 0.05) is 38.5 Å². The van der Waals surface area contributed by atoms with E-state index in [0.29, 0.717) is 18.0 Å². The molecule has 1 aromatic heterocycles. The van der Waals surface area contributed by atoms with E-state index in [2.05, 4.69) is 14.9 Å². The first-order valence-electron chi connectivity index (χ1n) is 9.13. The standard InChI is InChI=1S/C19H24N4O5/c1-27-15-5-2-4-14(12-15)23-18(25)16(17(24)21-19(23)26)13-20-6-3-7-22-8-10-28-11-9-22/h2,4-5,12-13,25H,3,6-11H2,1H3,(H,21,24,26). The summed E-state index contributed by atoms with van der Waals surface area (Å²) in [6.45, 7) is 4.73. The zero-order valence-electron chi connectivity index (χ0n) is 15.8. The second-order valence-electron chi connectivity index (χ2n) is 6.38. The van der Waals surface area contributed by atoms with Gasteiger partial charge in [-0.1, -0.05) is 6.07 Å². The molecule has 9 heteroatoms. The summed E-state index contributed by atoms with van der Waals surface area (Å²) in [5.41, 5.74) is -1.10. The minimum atomic E-state index is -0.736. The quantitative estimate of drug-likeness (QED) is 0.524. The Morgan fingerprint density at radius 1 is 1.32 bits per heavy atom. The van der Waals surface area contributed by atoms with Crippen LogP contribution in [-0.2, 0) is 4.74 Å². The van der Waals surface area contributed by atoms with Gasteiger partial charge in [0.2, 0.25) is 5.88 Å². The molecule has 0 radical (unpaired) electrons. The average molecular weight is 388 g/mol. The highest BCUT2D eigenvalue weighted by molar-refractivity contribution is 5.82. The van der Waals surface area contributed by atoms with Gasteiger partial charge in [-0.2, -0.15) is 0 Å². The zero-order valence-corrected chi connectivity index (χ0v) is 15.8. The molecule has 2 heterocycles. The van der Waals surface area contributed by atoms with Crippen LogP contribution in [0, 0.1) is 0 Å². The first-order valence-corrected chi connectivity index (χ1v) is 9.13. The summed E-state index contributed by atoms with van der Waals surface area (Å²) in [7, 11) is 1.50. The molecule has 0 amide bonds. The lowest BCUT2D eigenvalue weighted by molar-refractivity contribution is 0.0377. The number of rotatable bonds is 7. The molecule has 9 nitrogen and oxygen atoms in total. The van der Waals surface area contributed by atoms with Gasteiger partial charge in [-0.05, 0) is 18.6 Å². The van der Waals surface area contributed by atoms with Gasteiger partial charge in [-0.15, -0.1) is 0 Å². The molecule has 0 saturated carbocycles. The Kier molecular flexibility index (Phi) is 6.62. The van der Waals surface area contributed by atoms with Crippen LogP contribution in [0.2, 0.25) is 0 Å². The van der Waals surface area contributed by atoms with Crippen molar-refractivity contribution in [2.45, 2.75) is 6.42 Å². The summed E-state index contributed by atoms with van der Waals surface area (Å²) in [5.74, 6) is 0.0623. The van der Waals surface area contributed by atoms with E-state index in [1.807, 2.05) is 0 Å². The molecule has 0 spiro atoms. The maximum Gasteiger partial charge on any atom is 0.335 e. The monoisotopic (exact) mass is 388 g/mol. The second-order valence-corrected chi connectivity index (χ2v) is 6.38. The van der Waals surface area contributed by atoms with Crippen molar-refractivity contribution in [1.29, 1.82) is 0 Å². The van der Waals surface area contributed by atoms with Crippen molar-refractivity contribution < 1.29 is 14.6 Å². The van der Waals surface area contributed by atoms with Crippen LogP contribution in [0.3, 0.4) is 0 Å². The minimum absolute atomic E-state index is 0.0613. The van der Waals surface area contributed by atoms with E-state index in [0.717, 1.165) is 43.8 Å².